The average molecular weight is 252 g/mol. The quantitative estimate of drug-likeness (QED) is 0.577. The smallest absolute Gasteiger partial charge is 0.0914 e. The van der Waals surface area contributed by atoms with Crippen molar-refractivity contribution in [3.8, 4) is 12.3 Å². The van der Waals surface area contributed by atoms with Crippen LogP contribution in [-0.2, 0) is 0 Å². The molecule has 1 atom stereocenters. The Labute approximate surface area is 108 Å². The first-order valence-corrected chi connectivity index (χ1v) is 6.19. The van der Waals surface area contributed by atoms with Crippen molar-refractivity contribution < 1.29 is 5.11 Å². The Morgan fingerprint density at radius 3 is 2.65 bits per heavy atom. The first kappa shape index (κ1) is 14.1. The molecule has 1 aromatic rings. The van der Waals surface area contributed by atoms with Crippen molar-refractivity contribution in [2.24, 2.45) is 0 Å². The van der Waals surface area contributed by atoms with Crippen molar-refractivity contribution in [1.82, 2.24) is 5.32 Å². The van der Waals surface area contributed by atoms with E-state index in [4.69, 9.17) is 18.0 Å². The van der Waals surface area contributed by atoms with Crippen LogP contribution >= 0.6 is 11.6 Å². The largest absolute Gasteiger partial charge is 0.387 e. The van der Waals surface area contributed by atoms with Crippen LogP contribution in [0.4, 0.5) is 0 Å². The molecule has 0 fully saturated rings. The van der Waals surface area contributed by atoms with E-state index in [9.17, 15) is 5.11 Å². The first-order chi connectivity index (χ1) is 8.24. The molecular weight excluding hydrogens is 234 g/mol. The molecule has 0 aliphatic rings. The Kier molecular flexibility index (Phi) is 6.73. The molecule has 0 aliphatic heterocycles. The predicted octanol–water partition coefficient (Wildman–Crippen LogP) is 2.77. The fraction of sp³-hybridized carbons (Fsp3) is 0.429. The van der Waals surface area contributed by atoms with E-state index in [1.165, 1.54) is 0 Å². The molecule has 0 saturated carbocycles. The van der Waals surface area contributed by atoms with Gasteiger partial charge in [-0.15, -0.1) is 12.3 Å². The van der Waals surface area contributed by atoms with E-state index in [0.717, 1.165) is 31.4 Å². The monoisotopic (exact) mass is 251 g/mol. The van der Waals surface area contributed by atoms with E-state index in [2.05, 4.69) is 11.2 Å². The maximum atomic E-state index is 9.88. The second-order valence-corrected chi connectivity index (χ2v) is 4.37. The molecule has 1 rings (SSSR count). The van der Waals surface area contributed by atoms with Crippen LogP contribution in [-0.4, -0.2) is 18.2 Å². The fourth-order valence-electron chi connectivity index (χ4n) is 1.52. The van der Waals surface area contributed by atoms with E-state index in [-0.39, 0.29) is 0 Å². The molecule has 0 aliphatic carbocycles. The van der Waals surface area contributed by atoms with Gasteiger partial charge in [0.15, 0.2) is 0 Å². The summed E-state index contributed by atoms with van der Waals surface area (Å²) in [6.07, 6.45) is 7.56. The van der Waals surface area contributed by atoms with Crippen molar-refractivity contribution in [3.05, 3.63) is 34.9 Å². The first-order valence-electron chi connectivity index (χ1n) is 5.81. The molecule has 92 valence electrons. The third kappa shape index (κ3) is 5.74. The Hall–Kier alpha value is -1.01. The summed E-state index contributed by atoms with van der Waals surface area (Å²) in [7, 11) is 0. The number of terminal acetylenes is 1. The van der Waals surface area contributed by atoms with E-state index in [1.54, 1.807) is 12.1 Å². The molecule has 0 heterocycles. The fourth-order valence-corrected chi connectivity index (χ4v) is 1.64. The molecule has 0 aromatic heterocycles. The molecule has 0 spiro atoms. The van der Waals surface area contributed by atoms with Gasteiger partial charge in [0.1, 0.15) is 0 Å². The zero-order chi connectivity index (χ0) is 12.5. The van der Waals surface area contributed by atoms with Crippen LogP contribution in [0.3, 0.4) is 0 Å². The number of nitrogens with one attached hydrogen (secondary N) is 1. The lowest BCUT2D eigenvalue weighted by atomic mass is 10.1. The third-order valence-electron chi connectivity index (χ3n) is 2.52. The number of aliphatic hydroxyl groups excluding tert-OH is 1. The molecule has 2 N–H and O–H groups in total. The van der Waals surface area contributed by atoms with Gasteiger partial charge in [-0.1, -0.05) is 23.7 Å². The normalized spacial score (nSPS) is 12.1. The highest BCUT2D eigenvalue weighted by molar-refractivity contribution is 6.30. The maximum absolute atomic E-state index is 9.88. The van der Waals surface area contributed by atoms with Crippen LogP contribution < -0.4 is 5.32 Å². The number of rotatable bonds is 7. The van der Waals surface area contributed by atoms with E-state index in [0.29, 0.717) is 11.6 Å². The number of halogens is 1. The van der Waals surface area contributed by atoms with Gasteiger partial charge in [0, 0.05) is 18.0 Å². The molecular formula is C14H18ClNO. The van der Waals surface area contributed by atoms with Gasteiger partial charge >= 0.3 is 0 Å². The lowest BCUT2D eigenvalue weighted by Crippen LogP contribution is -2.22. The summed E-state index contributed by atoms with van der Waals surface area (Å²) < 4.78 is 0. The molecule has 1 unspecified atom stereocenters. The Morgan fingerprint density at radius 2 is 2.00 bits per heavy atom. The van der Waals surface area contributed by atoms with Gasteiger partial charge in [-0.05, 0) is 37.1 Å². The van der Waals surface area contributed by atoms with Crippen molar-refractivity contribution in [1.29, 1.82) is 0 Å². The van der Waals surface area contributed by atoms with Gasteiger partial charge in [-0.3, -0.25) is 0 Å². The lowest BCUT2D eigenvalue weighted by Gasteiger charge is -2.12. The molecule has 0 radical (unpaired) electrons. The lowest BCUT2D eigenvalue weighted by molar-refractivity contribution is 0.175. The van der Waals surface area contributed by atoms with Gasteiger partial charge in [0.2, 0.25) is 0 Å². The highest BCUT2D eigenvalue weighted by atomic mass is 35.5. The van der Waals surface area contributed by atoms with Gasteiger partial charge in [-0.25, -0.2) is 0 Å². The van der Waals surface area contributed by atoms with Gasteiger partial charge in [0.25, 0.3) is 0 Å². The molecule has 3 heteroatoms. The van der Waals surface area contributed by atoms with E-state index in [1.807, 2.05) is 12.1 Å². The second-order valence-electron chi connectivity index (χ2n) is 3.93. The van der Waals surface area contributed by atoms with Crippen LogP contribution in [0, 0.1) is 12.3 Å². The Morgan fingerprint density at radius 1 is 1.29 bits per heavy atom. The highest BCUT2D eigenvalue weighted by Gasteiger charge is 2.05. The van der Waals surface area contributed by atoms with Crippen molar-refractivity contribution in [2.45, 2.75) is 25.4 Å². The van der Waals surface area contributed by atoms with Gasteiger partial charge in [0.05, 0.1) is 6.10 Å². The van der Waals surface area contributed by atoms with Crippen LogP contribution in [0.15, 0.2) is 24.3 Å². The van der Waals surface area contributed by atoms with Crippen LogP contribution in [0.5, 0.6) is 0 Å². The molecule has 2 nitrogen and oxygen atoms in total. The highest BCUT2D eigenvalue weighted by Crippen LogP contribution is 2.15. The summed E-state index contributed by atoms with van der Waals surface area (Å²) >= 11 is 5.78. The number of aliphatic hydroxyl groups is 1. The SMILES string of the molecule is C#CCCCCNCC(O)c1ccc(Cl)cc1. The van der Waals surface area contributed by atoms with Gasteiger partial charge < -0.3 is 10.4 Å². The molecule has 17 heavy (non-hydrogen) atoms. The second kappa shape index (κ2) is 8.14. The molecule has 0 bridgehead atoms. The number of benzene rings is 1. The van der Waals surface area contributed by atoms with Crippen molar-refractivity contribution in [3.63, 3.8) is 0 Å². The summed E-state index contributed by atoms with van der Waals surface area (Å²) in [4.78, 5) is 0. The summed E-state index contributed by atoms with van der Waals surface area (Å²) in [5, 5.41) is 13.8. The summed E-state index contributed by atoms with van der Waals surface area (Å²) in [5.41, 5.74) is 0.880. The summed E-state index contributed by atoms with van der Waals surface area (Å²) in [5.74, 6) is 2.61. The summed E-state index contributed by atoms with van der Waals surface area (Å²) in [6, 6.07) is 7.25. The minimum Gasteiger partial charge on any atom is -0.387 e. The minimum absolute atomic E-state index is 0.486. The average Bonchev–Trinajstić information content (AvgIpc) is 2.34. The Bertz CT molecular complexity index is 355. The Balaban J connectivity index is 2.19. The van der Waals surface area contributed by atoms with E-state index < -0.39 is 6.10 Å². The topological polar surface area (TPSA) is 32.3 Å². The zero-order valence-corrected chi connectivity index (χ0v) is 10.6. The minimum atomic E-state index is -0.486. The predicted molar refractivity (Wildman–Crippen MR) is 72.0 cm³/mol. The maximum Gasteiger partial charge on any atom is 0.0914 e. The van der Waals surface area contributed by atoms with E-state index >= 15 is 0 Å². The molecule has 0 saturated heterocycles. The standard InChI is InChI=1S/C14H18ClNO/c1-2-3-4-5-10-16-11-14(17)12-6-8-13(15)9-7-12/h1,6-9,14,16-17H,3-5,10-11H2. The number of hydrogen-bond donors (Lipinski definition) is 2. The zero-order valence-electron chi connectivity index (χ0n) is 9.82. The van der Waals surface area contributed by atoms with Crippen LogP contribution in [0.1, 0.15) is 30.9 Å². The molecule has 1 aromatic carbocycles. The van der Waals surface area contributed by atoms with Gasteiger partial charge in [-0.2, -0.15) is 0 Å². The number of hydrogen-bond acceptors (Lipinski definition) is 2. The van der Waals surface area contributed by atoms with Crippen molar-refractivity contribution >= 4 is 11.6 Å². The summed E-state index contributed by atoms with van der Waals surface area (Å²) in [6.45, 7) is 1.43. The van der Waals surface area contributed by atoms with Crippen LogP contribution in [0.2, 0.25) is 5.02 Å². The van der Waals surface area contributed by atoms with Crippen LogP contribution in [0.25, 0.3) is 0 Å². The third-order valence-corrected chi connectivity index (χ3v) is 2.77. The number of unbranched alkanes of at least 4 members (excludes halogenated alkanes) is 2. The van der Waals surface area contributed by atoms with Crippen molar-refractivity contribution in [2.75, 3.05) is 13.1 Å². The molecule has 0 amide bonds.